The summed E-state index contributed by atoms with van der Waals surface area (Å²) in [5.74, 6) is 2.26. The van der Waals surface area contributed by atoms with E-state index in [4.69, 9.17) is 4.98 Å². The van der Waals surface area contributed by atoms with Crippen LogP contribution in [-0.4, -0.2) is 50.9 Å². The quantitative estimate of drug-likeness (QED) is 0.664. The van der Waals surface area contributed by atoms with E-state index in [0.717, 1.165) is 75.7 Å². The molecule has 5 rings (SSSR count). The topological polar surface area (TPSA) is 70.3 Å². The van der Waals surface area contributed by atoms with Crippen molar-refractivity contribution in [3.8, 4) is 0 Å². The monoisotopic (exact) mass is 418 g/mol. The first kappa shape index (κ1) is 20.0. The van der Waals surface area contributed by atoms with Gasteiger partial charge in [0.25, 0.3) is 0 Å². The van der Waals surface area contributed by atoms with Crippen LogP contribution in [0, 0.1) is 5.92 Å². The number of aromatic nitrogens is 4. The summed E-state index contributed by atoms with van der Waals surface area (Å²) in [6.07, 6.45) is 7.84. The summed E-state index contributed by atoms with van der Waals surface area (Å²) in [7, 11) is 0. The molecule has 1 aromatic carbocycles. The van der Waals surface area contributed by atoms with Crippen molar-refractivity contribution >= 4 is 11.6 Å². The Morgan fingerprint density at radius 2 is 1.84 bits per heavy atom. The van der Waals surface area contributed by atoms with Crippen LogP contribution in [-0.2, 0) is 25.9 Å². The van der Waals surface area contributed by atoms with Gasteiger partial charge in [-0.2, -0.15) is 0 Å². The normalized spacial score (nSPS) is 18.8. The summed E-state index contributed by atoms with van der Waals surface area (Å²) in [6, 6.07) is 12.7. The molecule has 0 saturated carbocycles. The Hall–Kier alpha value is -2.93. The van der Waals surface area contributed by atoms with Gasteiger partial charge in [0, 0.05) is 51.0 Å². The van der Waals surface area contributed by atoms with Crippen molar-refractivity contribution in [2.75, 3.05) is 36.0 Å². The molecule has 1 N–H and O–H groups in total. The summed E-state index contributed by atoms with van der Waals surface area (Å²) in [5.41, 5.74) is 3.86. The molecular weight excluding hydrogens is 388 g/mol. The van der Waals surface area contributed by atoms with Crippen molar-refractivity contribution in [3.63, 3.8) is 0 Å². The number of hydrogen-bond acceptors (Lipinski definition) is 6. The van der Waals surface area contributed by atoms with Gasteiger partial charge in [0.05, 0.1) is 18.6 Å². The number of nitrogens with zero attached hydrogens (tertiary/aromatic N) is 6. The molecule has 1 saturated heterocycles. The molecule has 0 radical (unpaired) electrons. The molecule has 7 heteroatoms. The van der Waals surface area contributed by atoms with Crippen LogP contribution in [0.15, 0.2) is 49.1 Å². The largest absolute Gasteiger partial charge is 0.396 e. The SMILES string of the molecule is OCC1CCCN(c2cc(N3CCc4c(ncn4CCc4ccccc4)C3)ncn2)C1. The highest BCUT2D eigenvalue weighted by atomic mass is 16.3. The average Bonchev–Trinajstić information content (AvgIpc) is 3.26. The smallest absolute Gasteiger partial charge is 0.134 e. The Morgan fingerprint density at radius 3 is 2.68 bits per heavy atom. The minimum Gasteiger partial charge on any atom is -0.396 e. The van der Waals surface area contributed by atoms with Gasteiger partial charge < -0.3 is 19.5 Å². The van der Waals surface area contributed by atoms with Gasteiger partial charge in [0.15, 0.2) is 0 Å². The Bertz CT molecular complexity index is 1000. The molecule has 0 spiro atoms. The molecule has 31 heavy (non-hydrogen) atoms. The van der Waals surface area contributed by atoms with Gasteiger partial charge in [0.2, 0.25) is 0 Å². The van der Waals surface area contributed by atoms with Crippen LogP contribution in [0.2, 0.25) is 0 Å². The van der Waals surface area contributed by atoms with Crippen molar-refractivity contribution in [1.29, 1.82) is 0 Å². The highest BCUT2D eigenvalue weighted by Crippen LogP contribution is 2.27. The average molecular weight is 419 g/mol. The van der Waals surface area contributed by atoms with Crippen LogP contribution >= 0.6 is 0 Å². The summed E-state index contributed by atoms with van der Waals surface area (Å²) in [6.45, 7) is 4.77. The fourth-order valence-electron chi connectivity index (χ4n) is 4.76. The zero-order chi connectivity index (χ0) is 21.0. The summed E-state index contributed by atoms with van der Waals surface area (Å²) < 4.78 is 2.31. The van der Waals surface area contributed by atoms with Gasteiger partial charge in [-0.3, -0.25) is 0 Å². The van der Waals surface area contributed by atoms with Crippen molar-refractivity contribution in [2.24, 2.45) is 5.92 Å². The minimum absolute atomic E-state index is 0.246. The van der Waals surface area contributed by atoms with E-state index in [1.165, 1.54) is 11.3 Å². The van der Waals surface area contributed by atoms with E-state index >= 15 is 0 Å². The lowest BCUT2D eigenvalue weighted by Crippen LogP contribution is -2.37. The molecule has 0 bridgehead atoms. The predicted octanol–water partition coefficient (Wildman–Crippen LogP) is 2.69. The second kappa shape index (κ2) is 9.06. The van der Waals surface area contributed by atoms with Crippen LogP contribution in [0.5, 0.6) is 0 Å². The summed E-state index contributed by atoms with van der Waals surface area (Å²) >= 11 is 0. The second-order valence-electron chi connectivity index (χ2n) is 8.61. The Morgan fingerprint density at radius 1 is 1.00 bits per heavy atom. The zero-order valence-electron chi connectivity index (χ0n) is 17.9. The lowest BCUT2D eigenvalue weighted by molar-refractivity contribution is 0.208. The number of fused-ring (bicyclic) bond motifs is 1. The molecule has 3 aromatic rings. The molecule has 2 aliphatic rings. The molecule has 2 aromatic heterocycles. The number of benzene rings is 1. The highest BCUT2D eigenvalue weighted by Gasteiger charge is 2.24. The molecule has 1 unspecified atom stereocenters. The number of anilines is 2. The number of aliphatic hydroxyl groups is 1. The molecule has 2 aliphatic heterocycles. The van der Waals surface area contributed by atoms with Gasteiger partial charge >= 0.3 is 0 Å². The van der Waals surface area contributed by atoms with E-state index in [1.807, 2.05) is 6.33 Å². The maximum atomic E-state index is 9.54. The third kappa shape index (κ3) is 4.42. The third-order valence-electron chi connectivity index (χ3n) is 6.54. The molecule has 4 heterocycles. The van der Waals surface area contributed by atoms with E-state index in [1.54, 1.807) is 6.33 Å². The zero-order valence-corrected chi connectivity index (χ0v) is 17.9. The number of hydrogen-bond donors (Lipinski definition) is 1. The summed E-state index contributed by atoms with van der Waals surface area (Å²) in [5, 5.41) is 9.54. The lowest BCUT2D eigenvalue weighted by atomic mass is 9.99. The van der Waals surface area contributed by atoms with E-state index in [2.05, 4.69) is 60.7 Å². The third-order valence-corrected chi connectivity index (χ3v) is 6.54. The number of aryl methyl sites for hydroxylation is 2. The molecular formula is C24H30N6O. The summed E-state index contributed by atoms with van der Waals surface area (Å²) in [4.78, 5) is 18.4. The van der Waals surface area contributed by atoms with Crippen LogP contribution < -0.4 is 9.80 Å². The standard InChI is InChI=1S/C24H30N6O/c31-16-20-7-4-10-28(14-20)23-13-24(26-17-25-23)29-12-9-22-21(15-29)27-18-30(22)11-8-19-5-2-1-3-6-19/h1-3,5-6,13,17-18,20,31H,4,7-12,14-16H2. The molecule has 1 atom stereocenters. The van der Waals surface area contributed by atoms with Crippen molar-refractivity contribution in [2.45, 2.75) is 38.8 Å². The van der Waals surface area contributed by atoms with Gasteiger partial charge in [-0.25, -0.2) is 15.0 Å². The van der Waals surface area contributed by atoms with E-state index in [-0.39, 0.29) is 6.61 Å². The minimum atomic E-state index is 0.246. The van der Waals surface area contributed by atoms with Gasteiger partial charge in [-0.15, -0.1) is 0 Å². The van der Waals surface area contributed by atoms with E-state index in [0.29, 0.717) is 5.92 Å². The van der Waals surface area contributed by atoms with Crippen LogP contribution in [0.25, 0.3) is 0 Å². The van der Waals surface area contributed by atoms with Crippen molar-refractivity contribution < 1.29 is 5.11 Å². The predicted molar refractivity (Wildman–Crippen MR) is 121 cm³/mol. The lowest BCUT2D eigenvalue weighted by Gasteiger charge is -2.33. The first-order valence-electron chi connectivity index (χ1n) is 11.3. The fraction of sp³-hybridized carbons (Fsp3) is 0.458. The Kier molecular flexibility index (Phi) is 5.84. The van der Waals surface area contributed by atoms with Gasteiger partial charge in [-0.1, -0.05) is 30.3 Å². The van der Waals surface area contributed by atoms with E-state index in [9.17, 15) is 5.11 Å². The number of imidazole rings is 1. The first-order valence-corrected chi connectivity index (χ1v) is 11.3. The molecule has 162 valence electrons. The maximum absolute atomic E-state index is 9.54. The van der Waals surface area contributed by atoms with Crippen molar-refractivity contribution in [3.05, 3.63) is 66.0 Å². The van der Waals surface area contributed by atoms with Gasteiger partial charge in [-0.05, 0) is 30.7 Å². The number of rotatable bonds is 6. The van der Waals surface area contributed by atoms with Gasteiger partial charge in [0.1, 0.15) is 18.0 Å². The fourth-order valence-corrected chi connectivity index (χ4v) is 4.76. The van der Waals surface area contributed by atoms with Crippen molar-refractivity contribution in [1.82, 2.24) is 19.5 Å². The number of aliphatic hydroxyl groups excluding tert-OH is 1. The Balaban J connectivity index is 1.26. The number of piperidine rings is 1. The highest BCUT2D eigenvalue weighted by molar-refractivity contribution is 5.51. The van der Waals surface area contributed by atoms with Crippen LogP contribution in [0.1, 0.15) is 29.8 Å². The first-order chi connectivity index (χ1) is 15.3. The second-order valence-corrected chi connectivity index (χ2v) is 8.61. The molecule has 0 amide bonds. The van der Waals surface area contributed by atoms with Crippen LogP contribution in [0.4, 0.5) is 11.6 Å². The molecule has 1 fully saturated rings. The Labute approximate surface area is 183 Å². The van der Waals surface area contributed by atoms with E-state index < -0.39 is 0 Å². The molecule has 7 nitrogen and oxygen atoms in total. The maximum Gasteiger partial charge on any atom is 0.134 e. The van der Waals surface area contributed by atoms with Crippen LogP contribution in [0.3, 0.4) is 0 Å². The molecule has 0 aliphatic carbocycles.